The van der Waals surface area contributed by atoms with E-state index in [0.717, 1.165) is 61.1 Å². The third kappa shape index (κ3) is 4.83. The number of thiophene rings is 1. The molecule has 3 nitrogen and oxygen atoms in total. The van der Waals surface area contributed by atoms with Crippen molar-refractivity contribution in [3.8, 4) is 22.3 Å². The highest BCUT2D eigenvalue weighted by molar-refractivity contribution is 7.27. The van der Waals surface area contributed by atoms with Gasteiger partial charge in [-0.2, -0.15) is 0 Å². The van der Waals surface area contributed by atoms with E-state index < -0.39 is 0 Å². The van der Waals surface area contributed by atoms with Crippen LogP contribution in [0.5, 0.6) is 0 Å². The second-order valence-corrected chi connectivity index (χ2v) is 15.5. The molecule has 0 unspecified atom stereocenters. The summed E-state index contributed by atoms with van der Waals surface area (Å²) < 4.78 is 15.2. The van der Waals surface area contributed by atoms with E-state index in [1.165, 1.54) is 53.0 Å². The molecule has 0 aliphatic carbocycles. The molecule has 3 aromatic heterocycles. The zero-order chi connectivity index (χ0) is 36.7. The van der Waals surface area contributed by atoms with Gasteiger partial charge in [-0.05, 0) is 99.8 Å². The molecular formula is C52H31NO2S. The van der Waals surface area contributed by atoms with E-state index in [9.17, 15) is 0 Å². The zero-order valence-corrected chi connectivity index (χ0v) is 30.9. The molecule has 3 heterocycles. The maximum absolute atomic E-state index is 6.42. The number of furan rings is 2. The molecule has 0 atom stereocenters. The van der Waals surface area contributed by atoms with Crippen molar-refractivity contribution >= 4 is 103 Å². The maximum atomic E-state index is 6.42. The highest BCUT2D eigenvalue weighted by atomic mass is 32.1. The molecule has 0 saturated heterocycles. The van der Waals surface area contributed by atoms with Crippen LogP contribution in [0.1, 0.15) is 0 Å². The normalized spacial score (nSPS) is 11.9. The fourth-order valence-corrected chi connectivity index (χ4v) is 9.97. The number of rotatable bonds is 5. The minimum atomic E-state index is 0.866. The standard InChI is InChI=1S/C52H31NO2S/c1-2-10-34-29-35(20-19-32(34)9-1)33-21-23-37(24-22-33)53(39-25-26-42-41-13-3-5-17-46(41)55-49(42)31-39)38-12-7-11-36(30-38)40-15-8-16-43-44-27-28-48-50(52(44)56-51(40)43)45-14-4-6-18-47(45)54-48/h1-31H. The topological polar surface area (TPSA) is 29.5 Å². The second-order valence-electron chi connectivity index (χ2n) is 14.5. The fourth-order valence-electron chi connectivity index (χ4n) is 8.58. The Bertz CT molecular complexity index is 3500. The number of hydrogen-bond donors (Lipinski definition) is 0. The van der Waals surface area contributed by atoms with Crippen LogP contribution >= 0.6 is 11.3 Å². The van der Waals surface area contributed by atoms with Crippen molar-refractivity contribution in [1.29, 1.82) is 0 Å². The highest BCUT2D eigenvalue weighted by Crippen LogP contribution is 2.46. The van der Waals surface area contributed by atoms with Crippen molar-refractivity contribution < 1.29 is 8.83 Å². The molecule has 9 aromatic carbocycles. The molecule has 4 heteroatoms. The van der Waals surface area contributed by atoms with Crippen molar-refractivity contribution in [1.82, 2.24) is 0 Å². The summed E-state index contributed by atoms with van der Waals surface area (Å²) in [5, 5.41) is 9.59. The van der Waals surface area contributed by atoms with Crippen LogP contribution in [0.25, 0.3) is 97.1 Å². The summed E-state index contributed by atoms with van der Waals surface area (Å²) in [5.74, 6) is 0. The molecule has 56 heavy (non-hydrogen) atoms. The number of para-hydroxylation sites is 2. The predicted octanol–water partition coefficient (Wildman–Crippen LogP) is 15.8. The third-order valence-electron chi connectivity index (χ3n) is 11.2. The number of nitrogens with zero attached hydrogens (tertiary/aromatic N) is 1. The maximum Gasteiger partial charge on any atom is 0.137 e. The molecule has 12 rings (SSSR count). The van der Waals surface area contributed by atoms with Gasteiger partial charge < -0.3 is 13.7 Å². The lowest BCUT2D eigenvalue weighted by Gasteiger charge is -2.26. The molecule has 0 saturated carbocycles. The van der Waals surface area contributed by atoms with Crippen LogP contribution in [-0.2, 0) is 0 Å². The number of hydrogen-bond acceptors (Lipinski definition) is 4. The fraction of sp³-hybridized carbons (Fsp3) is 0. The van der Waals surface area contributed by atoms with Gasteiger partial charge in [0.25, 0.3) is 0 Å². The Balaban J connectivity index is 1.02. The molecule has 0 bridgehead atoms. The lowest BCUT2D eigenvalue weighted by atomic mass is 10.00. The van der Waals surface area contributed by atoms with E-state index in [4.69, 9.17) is 8.83 Å². The second kappa shape index (κ2) is 12.2. The molecule has 12 aromatic rings. The predicted molar refractivity (Wildman–Crippen MR) is 237 cm³/mol. The van der Waals surface area contributed by atoms with Crippen LogP contribution in [0, 0.1) is 0 Å². The smallest absolute Gasteiger partial charge is 0.137 e. The summed E-state index contributed by atoms with van der Waals surface area (Å²) in [6.07, 6.45) is 0. The number of benzene rings is 9. The monoisotopic (exact) mass is 733 g/mol. The van der Waals surface area contributed by atoms with Crippen molar-refractivity contribution in [2.24, 2.45) is 0 Å². The van der Waals surface area contributed by atoms with Gasteiger partial charge in [-0.3, -0.25) is 0 Å². The van der Waals surface area contributed by atoms with Gasteiger partial charge in [-0.25, -0.2) is 0 Å². The quantitative estimate of drug-likeness (QED) is 0.176. The van der Waals surface area contributed by atoms with Gasteiger partial charge in [0.15, 0.2) is 0 Å². The Morgan fingerprint density at radius 1 is 0.339 bits per heavy atom. The first-order valence-corrected chi connectivity index (χ1v) is 19.7. The van der Waals surface area contributed by atoms with E-state index in [2.05, 4.69) is 175 Å². The Morgan fingerprint density at radius 2 is 0.982 bits per heavy atom. The summed E-state index contributed by atoms with van der Waals surface area (Å²) in [6.45, 7) is 0. The minimum Gasteiger partial charge on any atom is -0.456 e. The first-order valence-electron chi connectivity index (χ1n) is 18.9. The Kier molecular flexibility index (Phi) is 6.80. The van der Waals surface area contributed by atoms with Gasteiger partial charge >= 0.3 is 0 Å². The lowest BCUT2D eigenvalue weighted by Crippen LogP contribution is -2.10. The summed E-state index contributed by atoms with van der Waals surface area (Å²) in [6, 6.07) is 67.3. The molecule has 0 radical (unpaired) electrons. The van der Waals surface area contributed by atoms with E-state index >= 15 is 0 Å². The molecule has 262 valence electrons. The van der Waals surface area contributed by atoms with Crippen LogP contribution in [0.3, 0.4) is 0 Å². The van der Waals surface area contributed by atoms with Crippen LogP contribution in [-0.4, -0.2) is 0 Å². The van der Waals surface area contributed by atoms with Gasteiger partial charge in [0.2, 0.25) is 0 Å². The van der Waals surface area contributed by atoms with Gasteiger partial charge in [-0.15, -0.1) is 11.3 Å². The average Bonchev–Trinajstić information content (AvgIpc) is 3.95. The van der Waals surface area contributed by atoms with Crippen LogP contribution in [0.15, 0.2) is 197 Å². The molecular weight excluding hydrogens is 703 g/mol. The highest BCUT2D eigenvalue weighted by Gasteiger charge is 2.19. The molecule has 0 N–H and O–H groups in total. The van der Waals surface area contributed by atoms with E-state index in [0.29, 0.717) is 0 Å². The Hall–Kier alpha value is -7.14. The molecule has 0 aliphatic rings. The molecule has 0 spiro atoms. The summed E-state index contributed by atoms with van der Waals surface area (Å²) in [7, 11) is 0. The van der Waals surface area contributed by atoms with E-state index in [1.807, 2.05) is 29.5 Å². The van der Waals surface area contributed by atoms with Crippen molar-refractivity contribution in [3.05, 3.63) is 188 Å². The largest absolute Gasteiger partial charge is 0.456 e. The minimum absolute atomic E-state index is 0.866. The van der Waals surface area contributed by atoms with Gasteiger partial charge in [-0.1, -0.05) is 115 Å². The van der Waals surface area contributed by atoms with Crippen LogP contribution in [0.2, 0.25) is 0 Å². The lowest BCUT2D eigenvalue weighted by molar-refractivity contribution is 0.668. The molecule has 0 amide bonds. The van der Waals surface area contributed by atoms with Gasteiger partial charge in [0, 0.05) is 64.8 Å². The van der Waals surface area contributed by atoms with E-state index in [1.54, 1.807) is 0 Å². The van der Waals surface area contributed by atoms with Gasteiger partial charge in [0.05, 0.1) is 0 Å². The number of fused-ring (bicyclic) bond motifs is 11. The Labute approximate surface area is 325 Å². The first kappa shape index (κ1) is 31.2. The van der Waals surface area contributed by atoms with Crippen molar-refractivity contribution in [3.63, 3.8) is 0 Å². The zero-order valence-electron chi connectivity index (χ0n) is 30.1. The van der Waals surface area contributed by atoms with Crippen molar-refractivity contribution in [2.45, 2.75) is 0 Å². The Morgan fingerprint density at radius 3 is 1.88 bits per heavy atom. The summed E-state index contributed by atoms with van der Waals surface area (Å²) in [5.41, 5.74) is 11.5. The SMILES string of the molecule is c1cc(-c2cccc3c2sc2c3ccc3oc4ccccc4c32)cc(N(c2ccc(-c3ccc4ccccc4c3)cc2)c2ccc3c(c2)oc2ccccc23)c1. The summed E-state index contributed by atoms with van der Waals surface area (Å²) in [4.78, 5) is 2.34. The van der Waals surface area contributed by atoms with Gasteiger partial charge in [0.1, 0.15) is 22.3 Å². The van der Waals surface area contributed by atoms with E-state index in [-0.39, 0.29) is 0 Å². The van der Waals surface area contributed by atoms with Crippen LogP contribution in [0.4, 0.5) is 17.1 Å². The van der Waals surface area contributed by atoms with Crippen LogP contribution < -0.4 is 4.90 Å². The first-order chi connectivity index (χ1) is 27.7. The van der Waals surface area contributed by atoms with Crippen molar-refractivity contribution in [2.75, 3.05) is 4.90 Å². The number of anilines is 3. The summed E-state index contributed by atoms with van der Waals surface area (Å²) >= 11 is 1.86. The molecule has 0 fully saturated rings. The molecule has 0 aliphatic heterocycles. The third-order valence-corrected chi connectivity index (χ3v) is 12.5. The average molecular weight is 734 g/mol.